The Morgan fingerprint density at radius 3 is 2.65 bits per heavy atom. The first-order chi connectivity index (χ1) is 15.9. The Bertz CT molecular complexity index is 924. The van der Waals surface area contributed by atoms with Crippen molar-refractivity contribution in [1.82, 2.24) is 15.5 Å². The summed E-state index contributed by atoms with van der Waals surface area (Å²) in [6.45, 7) is 2.36. The summed E-state index contributed by atoms with van der Waals surface area (Å²) in [5.74, 6) is -0.745. The van der Waals surface area contributed by atoms with Crippen LogP contribution in [-0.4, -0.2) is 73.4 Å². The molecular formula is C22H29F3N4O5. The molecular weight excluding hydrogens is 457 g/mol. The standard InChI is InChI=1S/C22H29F3N4O5/c1-12(2)27-21(32)28-13-4-7-17-15(8-13)20(31)29(3)16-6-5-14(34-18(16)10-33-17)9-19(30)26-11-22(23,24)25/h4,7-8,12,14,16,18H,5-6,9-11H2,1-3H3,(H,26,30)(H2,27,28,32)/t14-,16-,18+/m1/s1. The minimum Gasteiger partial charge on any atom is -0.490 e. The molecule has 3 atom stereocenters. The molecule has 0 spiro atoms. The molecule has 0 bridgehead atoms. The molecule has 12 heteroatoms. The van der Waals surface area contributed by atoms with Crippen LogP contribution >= 0.6 is 0 Å². The van der Waals surface area contributed by atoms with Crippen LogP contribution in [0.15, 0.2) is 18.2 Å². The SMILES string of the molecule is CC(C)NC(=O)Nc1ccc2c(c1)C(=O)N(C)[C@@H]1CC[C@H](CC(=O)NCC(F)(F)F)O[C@H]1CO2. The van der Waals surface area contributed by atoms with Crippen molar-refractivity contribution in [2.75, 3.05) is 25.5 Å². The van der Waals surface area contributed by atoms with Crippen LogP contribution in [0.3, 0.4) is 0 Å². The fraction of sp³-hybridized carbons (Fsp3) is 0.591. The molecule has 0 aromatic heterocycles. The number of halogens is 3. The van der Waals surface area contributed by atoms with E-state index in [1.54, 1.807) is 30.1 Å². The number of urea groups is 1. The lowest BCUT2D eigenvalue weighted by atomic mass is 9.94. The second-order valence-corrected chi connectivity index (χ2v) is 8.73. The van der Waals surface area contributed by atoms with Gasteiger partial charge in [0.25, 0.3) is 5.91 Å². The van der Waals surface area contributed by atoms with Crippen molar-refractivity contribution in [3.8, 4) is 5.75 Å². The number of carbonyl (C=O) groups is 3. The van der Waals surface area contributed by atoms with Crippen molar-refractivity contribution in [3.63, 3.8) is 0 Å². The number of fused-ring (bicyclic) bond motifs is 2. The first kappa shape index (κ1) is 25.6. The highest BCUT2D eigenvalue weighted by atomic mass is 19.4. The molecule has 1 fully saturated rings. The van der Waals surface area contributed by atoms with Crippen molar-refractivity contribution >= 4 is 23.5 Å². The highest BCUT2D eigenvalue weighted by molar-refractivity contribution is 5.99. The summed E-state index contributed by atoms with van der Waals surface area (Å²) in [5.41, 5.74) is 0.723. The largest absolute Gasteiger partial charge is 0.490 e. The average Bonchev–Trinajstić information content (AvgIpc) is 2.74. The fourth-order valence-corrected chi connectivity index (χ4v) is 4.01. The lowest BCUT2D eigenvalue weighted by molar-refractivity contribution is -0.144. The molecule has 188 valence electrons. The smallest absolute Gasteiger partial charge is 0.405 e. The molecule has 0 saturated carbocycles. The summed E-state index contributed by atoms with van der Waals surface area (Å²) in [6.07, 6.45) is -4.91. The zero-order valence-electron chi connectivity index (χ0n) is 19.2. The molecule has 34 heavy (non-hydrogen) atoms. The first-order valence-corrected chi connectivity index (χ1v) is 11.0. The number of hydrogen-bond acceptors (Lipinski definition) is 5. The van der Waals surface area contributed by atoms with Crippen LogP contribution in [0, 0.1) is 0 Å². The van der Waals surface area contributed by atoms with Gasteiger partial charge in [-0.25, -0.2) is 4.79 Å². The summed E-state index contributed by atoms with van der Waals surface area (Å²) in [5, 5.41) is 7.24. The number of rotatable bonds is 5. The van der Waals surface area contributed by atoms with Gasteiger partial charge in [-0.15, -0.1) is 0 Å². The summed E-state index contributed by atoms with van der Waals surface area (Å²) < 4.78 is 48.7. The van der Waals surface area contributed by atoms with Crippen molar-refractivity contribution in [3.05, 3.63) is 23.8 Å². The lowest BCUT2D eigenvalue weighted by Crippen LogP contribution is -2.54. The van der Waals surface area contributed by atoms with Gasteiger partial charge in [0.1, 0.15) is 25.0 Å². The molecule has 1 saturated heterocycles. The summed E-state index contributed by atoms with van der Waals surface area (Å²) in [6, 6.07) is 3.96. The Balaban J connectivity index is 1.67. The fourth-order valence-electron chi connectivity index (χ4n) is 4.01. The number of amides is 4. The van der Waals surface area contributed by atoms with Crippen LogP contribution in [-0.2, 0) is 9.53 Å². The third-order valence-corrected chi connectivity index (χ3v) is 5.59. The quantitative estimate of drug-likeness (QED) is 0.593. The van der Waals surface area contributed by atoms with E-state index in [-0.39, 0.29) is 36.6 Å². The van der Waals surface area contributed by atoms with Crippen LogP contribution in [0.25, 0.3) is 0 Å². The van der Waals surface area contributed by atoms with Crippen LogP contribution < -0.4 is 20.7 Å². The molecule has 9 nitrogen and oxygen atoms in total. The van der Waals surface area contributed by atoms with Crippen molar-refractivity contribution < 1.29 is 37.0 Å². The van der Waals surface area contributed by atoms with E-state index in [0.717, 1.165) is 0 Å². The molecule has 2 heterocycles. The van der Waals surface area contributed by atoms with Gasteiger partial charge >= 0.3 is 12.2 Å². The number of ether oxygens (including phenoxy) is 2. The topological polar surface area (TPSA) is 109 Å². The number of benzene rings is 1. The van der Waals surface area contributed by atoms with Crippen molar-refractivity contribution in [2.45, 2.75) is 63.6 Å². The van der Waals surface area contributed by atoms with E-state index >= 15 is 0 Å². The van der Waals surface area contributed by atoms with Gasteiger partial charge in [-0.3, -0.25) is 9.59 Å². The molecule has 0 radical (unpaired) electrons. The molecule has 1 aromatic rings. The van der Waals surface area contributed by atoms with Gasteiger partial charge in [0.05, 0.1) is 24.1 Å². The number of carbonyl (C=O) groups excluding carboxylic acids is 3. The number of hydrogen-bond donors (Lipinski definition) is 3. The van der Waals surface area contributed by atoms with Gasteiger partial charge in [0.15, 0.2) is 0 Å². The van der Waals surface area contributed by atoms with Crippen LogP contribution in [0.1, 0.15) is 43.5 Å². The highest BCUT2D eigenvalue weighted by Gasteiger charge is 2.39. The molecule has 2 aliphatic heterocycles. The molecule has 3 rings (SSSR count). The van der Waals surface area contributed by atoms with Gasteiger partial charge in [0.2, 0.25) is 5.91 Å². The predicted molar refractivity (Wildman–Crippen MR) is 117 cm³/mol. The minimum atomic E-state index is -4.48. The molecule has 0 aliphatic carbocycles. The third-order valence-electron chi connectivity index (χ3n) is 5.59. The maximum absolute atomic E-state index is 13.2. The van der Waals surface area contributed by atoms with Crippen LogP contribution in [0.5, 0.6) is 5.75 Å². The monoisotopic (exact) mass is 486 g/mol. The molecule has 1 aromatic carbocycles. The molecule has 2 aliphatic rings. The Hall–Kier alpha value is -3.02. The zero-order valence-corrected chi connectivity index (χ0v) is 19.2. The Morgan fingerprint density at radius 2 is 1.97 bits per heavy atom. The molecule has 4 amide bonds. The number of likely N-dealkylation sites (N-methyl/N-ethyl adjacent to an activating group) is 1. The Morgan fingerprint density at radius 1 is 1.24 bits per heavy atom. The second kappa shape index (κ2) is 10.5. The number of nitrogens with zero attached hydrogens (tertiary/aromatic N) is 1. The number of nitrogens with one attached hydrogen (secondary N) is 3. The first-order valence-electron chi connectivity index (χ1n) is 11.0. The maximum atomic E-state index is 13.2. The van der Waals surface area contributed by atoms with E-state index in [2.05, 4.69) is 10.6 Å². The van der Waals surface area contributed by atoms with E-state index < -0.39 is 36.9 Å². The Labute approximate surface area is 195 Å². The molecule has 3 N–H and O–H groups in total. The zero-order chi connectivity index (χ0) is 25.0. The summed E-state index contributed by atoms with van der Waals surface area (Å²) >= 11 is 0. The van der Waals surface area contributed by atoms with Crippen LogP contribution in [0.2, 0.25) is 0 Å². The van der Waals surface area contributed by atoms with Gasteiger partial charge < -0.3 is 30.3 Å². The van der Waals surface area contributed by atoms with Gasteiger partial charge in [-0.2, -0.15) is 13.2 Å². The normalized spacial score (nSPS) is 22.6. The van der Waals surface area contributed by atoms with E-state index in [9.17, 15) is 27.6 Å². The average molecular weight is 486 g/mol. The lowest BCUT2D eigenvalue weighted by Gasteiger charge is -2.42. The van der Waals surface area contributed by atoms with Crippen molar-refractivity contribution in [2.24, 2.45) is 0 Å². The van der Waals surface area contributed by atoms with E-state index in [4.69, 9.17) is 9.47 Å². The third kappa shape index (κ3) is 6.75. The van der Waals surface area contributed by atoms with E-state index in [1.807, 2.05) is 19.2 Å². The van der Waals surface area contributed by atoms with Gasteiger partial charge in [0, 0.05) is 18.8 Å². The van der Waals surface area contributed by atoms with Crippen molar-refractivity contribution in [1.29, 1.82) is 0 Å². The minimum absolute atomic E-state index is 0.0526. The van der Waals surface area contributed by atoms with Crippen LogP contribution in [0.4, 0.5) is 23.7 Å². The van der Waals surface area contributed by atoms with E-state index in [1.165, 1.54) is 0 Å². The summed E-state index contributed by atoms with van der Waals surface area (Å²) in [7, 11) is 1.64. The second-order valence-electron chi connectivity index (χ2n) is 8.73. The molecule has 0 unspecified atom stereocenters. The Kier molecular flexibility index (Phi) is 7.90. The number of alkyl halides is 3. The number of anilines is 1. The van der Waals surface area contributed by atoms with E-state index in [0.29, 0.717) is 24.3 Å². The highest BCUT2D eigenvalue weighted by Crippen LogP contribution is 2.32. The summed E-state index contributed by atoms with van der Waals surface area (Å²) in [4.78, 5) is 38.6. The van der Waals surface area contributed by atoms with Gasteiger partial charge in [-0.1, -0.05) is 0 Å². The maximum Gasteiger partial charge on any atom is 0.405 e. The van der Waals surface area contributed by atoms with Gasteiger partial charge in [-0.05, 0) is 44.9 Å². The predicted octanol–water partition coefficient (Wildman–Crippen LogP) is 2.67.